The van der Waals surface area contributed by atoms with Crippen molar-refractivity contribution in [1.82, 2.24) is 0 Å². The van der Waals surface area contributed by atoms with E-state index < -0.39 is 0 Å². The lowest BCUT2D eigenvalue weighted by Crippen LogP contribution is -1.96. The highest BCUT2D eigenvalue weighted by Gasteiger charge is 2.06. The van der Waals surface area contributed by atoms with Gasteiger partial charge in [0.1, 0.15) is 12.4 Å². The molecule has 0 saturated heterocycles. The summed E-state index contributed by atoms with van der Waals surface area (Å²) in [7, 11) is 0. The zero-order chi connectivity index (χ0) is 14.5. The number of thiophene rings is 1. The number of para-hydroxylation sites is 3. The molecule has 3 aromatic rings. The average Bonchev–Trinajstić information content (AvgIpc) is 2.93. The van der Waals surface area contributed by atoms with Crippen molar-refractivity contribution in [3.05, 3.63) is 75.4 Å². The minimum atomic E-state index is 0.525. The van der Waals surface area contributed by atoms with Crippen molar-refractivity contribution in [3.8, 4) is 17.2 Å². The second kappa shape index (κ2) is 6.78. The Morgan fingerprint density at radius 3 is 2.33 bits per heavy atom. The fourth-order valence-corrected chi connectivity index (χ4v) is 3.05. The molecule has 2 aromatic carbocycles. The maximum atomic E-state index is 5.87. The van der Waals surface area contributed by atoms with Crippen molar-refractivity contribution in [2.45, 2.75) is 6.61 Å². The molecule has 2 nitrogen and oxygen atoms in total. The van der Waals surface area contributed by atoms with Gasteiger partial charge in [-0.2, -0.15) is 0 Å². The summed E-state index contributed by atoms with van der Waals surface area (Å²) in [4.78, 5) is 0. The van der Waals surface area contributed by atoms with Gasteiger partial charge >= 0.3 is 0 Å². The number of ether oxygens (including phenoxy) is 2. The Balaban J connectivity index is 1.73. The van der Waals surface area contributed by atoms with Crippen LogP contribution < -0.4 is 9.47 Å². The Hall–Kier alpha value is -1.78. The van der Waals surface area contributed by atoms with E-state index in [-0.39, 0.29) is 0 Å². The maximum absolute atomic E-state index is 5.87. The van der Waals surface area contributed by atoms with Gasteiger partial charge in [-0.3, -0.25) is 0 Å². The lowest BCUT2D eigenvalue weighted by Gasteiger charge is -2.11. The van der Waals surface area contributed by atoms with Crippen molar-refractivity contribution >= 4 is 27.3 Å². The van der Waals surface area contributed by atoms with Gasteiger partial charge in [-0.25, -0.2) is 0 Å². The second-order valence-electron chi connectivity index (χ2n) is 4.41. The third kappa shape index (κ3) is 3.86. The molecule has 0 spiro atoms. The van der Waals surface area contributed by atoms with Crippen LogP contribution in [0.5, 0.6) is 17.2 Å². The summed E-state index contributed by atoms with van der Waals surface area (Å²) in [5.74, 6) is 2.26. The first kappa shape index (κ1) is 14.2. The van der Waals surface area contributed by atoms with Crippen molar-refractivity contribution in [1.29, 1.82) is 0 Å². The monoisotopic (exact) mass is 360 g/mol. The van der Waals surface area contributed by atoms with E-state index >= 15 is 0 Å². The van der Waals surface area contributed by atoms with Crippen LogP contribution >= 0.6 is 27.3 Å². The van der Waals surface area contributed by atoms with E-state index in [1.165, 1.54) is 0 Å². The summed E-state index contributed by atoms with van der Waals surface area (Å²) in [6.45, 7) is 0.525. The molecule has 106 valence electrons. The van der Waals surface area contributed by atoms with Crippen LogP contribution in [0.1, 0.15) is 5.56 Å². The van der Waals surface area contributed by atoms with Gasteiger partial charge in [0.15, 0.2) is 11.5 Å². The molecule has 0 aliphatic rings. The highest BCUT2D eigenvalue weighted by atomic mass is 79.9. The standard InChI is InChI=1S/C17H13BrO2S/c18-17-10-13(12-21-17)11-19-15-8-4-5-9-16(15)20-14-6-2-1-3-7-14/h1-10,12H,11H2. The van der Waals surface area contributed by atoms with E-state index in [1.54, 1.807) is 11.3 Å². The number of hydrogen-bond donors (Lipinski definition) is 0. The van der Waals surface area contributed by atoms with E-state index in [0.717, 1.165) is 26.6 Å². The van der Waals surface area contributed by atoms with Gasteiger partial charge in [0.05, 0.1) is 3.79 Å². The predicted octanol–water partition coefficient (Wildman–Crippen LogP) is 5.88. The summed E-state index contributed by atoms with van der Waals surface area (Å²) < 4.78 is 12.8. The fraction of sp³-hybridized carbons (Fsp3) is 0.0588. The number of halogens is 1. The van der Waals surface area contributed by atoms with Crippen molar-refractivity contribution < 1.29 is 9.47 Å². The van der Waals surface area contributed by atoms with Gasteiger partial charge in [0.2, 0.25) is 0 Å². The molecule has 4 heteroatoms. The molecular formula is C17H13BrO2S. The first-order valence-electron chi connectivity index (χ1n) is 6.49. The first-order valence-corrected chi connectivity index (χ1v) is 8.16. The Morgan fingerprint density at radius 2 is 1.62 bits per heavy atom. The molecule has 0 amide bonds. The zero-order valence-corrected chi connectivity index (χ0v) is 13.6. The molecule has 0 N–H and O–H groups in total. The molecular weight excluding hydrogens is 348 g/mol. The molecule has 0 aliphatic carbocycles. The minimum Gasteiger partial charge on any atom is -0.485 e. The third-order valence-electron chi connectivity index (χ3n) is 2.84. The Bertz CT molecular complexity index is 710. The van der Waals surface area contributed by atoms with Crippen LogP contribution in [0.15, 0.2) is 69.8 Å². The highest BCUT2D eigenvalue weighted by Crippen LogP contribution is 2.32. The average molecular weight is 361 g/mol. The van der Waals surface area contributed by atoms with Crippen molar-refractivity contribution in [2.75, 3.05) is 0 Å². The summed E-state index contributed by atoms with van der Waals surface area (Å²) >= 11 is 5.11. The molecule has 0 fully saturated rings. The molecule has 0 bridgehead atoms. The van der Waals surface area contributed by atoms with Crippen molar-refractivity contribution in [3.63, 3.8) is 0 Å². The summed E-state index contributed by atoms with van der Waals surface area (Å²) in [5.41, 5.74) is 1.14. The third-order valence-corrected chi connectivity index (χ3v) is 4.39. The number of benzene rings is 2. The van der Waals surface area contributed by atoms with Gasteiger partial charge in [0, 0.05) is 5.56 Å². The van der Waals surface area contributed by atoms with Crippen LogP contribution in [-0.2, 0) is 6.61 Å². The van der Waals surface area contributed by atoms with Crippen LogP contribution in [0, 0.1) is 0 Å². The second-order valence-corrected chi connectivity index (χ2v) is 6.70. The Morgan fingerprint density at radius 1 is 0.905 bits per heavy atom. The highest BCUT2D eigenvalue weighted by molar-refractivity contribution is 9.11. The summed E-state index contributed by atoms with van der Waals surface area (Å²) in [5, 5.41) is 2.07. The Labute approximate surface area is 136 Å². The fourth-order valence-electron chi connectivity index (χ4n) is 1.85. The summed E-state index contributed by atoms with van der Waals surface area (Å²) in [6.07, 6.45) is 0. The van der Waals surface area contributed by atoms with Gasteiger partial charge in [-0.05, 0) is 51.6 Å². The smallest absolute Gasteiger partial charge is 0.169 e. The molecule has 0 radical (unpaired) electrons. The molecule has 1 heterocycles. The summed E-state index contributed by atoms with van der Waals surface area (Å²) in [6, 6.07) is 19.5. The van der Waals surface area contributed by atoms with Gasteiger partial charge < -0.3 is 9.47 Å². The topological polar surface area (TPSA) is 18.5 Å². The molecule has 0 atom stereocenters. The van der Waals surface area contributed by atoms with Crippen LogP contribution in [0.3, 0.4) is 0 Å². The number of rotatable bonds is 5. The van der Waals surface area contributed by atoms with Gasteiger partial charge in [-0.1, -0.05) is 30.3 Å². The van der Waals surface area contributed by atoms with Crippen LogP contribution in [-0.4, -0.2) is 0 Å². The normalized spacial score (nSPS) is 10.3. The molecule has 0 saturated carbocycles. The Kier molecular flexibility index (Phi) is 4.58. The molecule has 1 aromatic heterocycles. The van der Waals surface area contributed by atoms with E-state index in [0.29, 0.717) is 6.61 Å². The van der Waals surface area contributed by atoms with Crippen LogP contribution in [0.25, 0.3) is 0 Å². The van der Waals surface area contributed by atoms with Crippen LogP contribution in [0.2, 0.25) is 0 Å². The lowest BCUT2D eigenvalue weighted by atomic mass is 10.3. The van der Waals surface area contributed by atoms with Crippen molar-refractivity contribution in [2.24, 2.45) is 0 Å². The van der Waals surface area contributed by atoms with E-state index in [1.807, 2.05) is 54.6 Å². The SMILES string of the molecule is Brc1cc(COc2ccccc2Oc2ccccc2)cs1. The lowest BCUT2D eigenvalue weighted by molar-refractivity contribution is 0.292. The largest absolute Gasteiger partial charge is 0.485 e. The molecule has 0 unspecified atom stereocenters. The van der Waals surface area contributed by atoms with Gasteiger partial charge in [-0.15, -0.1) is 11.3 Å². The quantitative estimate of drug-likeness (QED) is 0.565. The molecule has 21 heavy (non-hydrogen) atoms. The molecule has 3 rings (SSSR count). The van der Waals surface area contributed by atoms with E-state index in [4.69, 9.17) is 9.47 Å². The van der Waals surface area contributed by atoms with Gasteiger partial charge in [0.25, 0.3) is 0 Å². The van der Waals surface area contributed by atoms with Crippen LogP contribution in [0.4, 0.5) is 0 Å². The first-order chi connectivity index (χ1) is 10.3. The maximum Gasteiger partial charge on any atom is 0.169 e. The van der Waals surface area contributed by atoms with E-state index in [9.17, 15) is 0 Å². The molecule has 0 aliphatic heterocycles. The minimum absolute atomic E-state index is 0.525. The van der Waals surface area contributed by atoms with E-state index in [2.05, 4.69) is 27.4 Å². The number of hydrogen-bond acceptors (Lipinski definition) is 3. The zero-order valence-electron chi connectivity index (χ0n) is 11.2. The predicted molar refractivity (Wildman–Crippen MR) is 89.3 cm³/mol.